The van der Waals surface area contributed by atoms with E-state index >= 15 is 0 Å². The molecular formula is C15H17NO4. The summed E-state index contributed by atoms with van der Waals surface area (Å²) in [6.07, 6.45) is 1.19. The lowest BCUT2D eigenvalue weighted by Gasteiger charge is -2.26. The van der Waals surface area contributed by atoms with E-state index in [-0.39, 0.29) is 24.8 Å². The normalized spacial score (nSPS) is 15.9. The molecule has 1 N–H and O–H groups in total. The maximum atomic E-state index is 12.2. The van der Waals surface area contributed by atoms with Crippen molar-refractivity contribution in [2.24, 2.45) is 5.92 Å². The Labute approximate surface area is 117 Å². The number of nitrogens with zero attached hydrogens (tertiary/aromatic N) is 1. The van der Waals surface area contributed by atoms with Gasteiger partial charge in [-0.15, -0.1) is 0 Å². The highest BCUT2D eigenvalue weighted by Gasteiger charge is 2.30. The first-order valence-corrected chi connectivity index (χ1v) is 6.66. The van der Waals surface area contributed by atoms with Gasteiger partial charge in [-0.05, 0) is 24.5 Å². The van der Waals surface area contributed by atoms with E-state index < -0.39 is 11.9 Å². The Morgan fingerprint density at radius 3 is 2.75 bits per heavy atom. The monoisotopic (exact) mass is 275 g/mol. The second-order valence-electron chi connectivity index (χ2n) is 5.07. The van der Waals surface area contributed by atoms with Gasteiger partial charge in [0.1, 0.15) is 0 Å². The van der Waals surface area contributed by atoms with Crippen LogP contribution in [0, 0.1) is 5.92 Å². The summed E-state index contributed by atoms with van der Waals surface area (Å²) < 4.78 is 0. The van der Waals surface area contributed by atoms with Crippen molar-refractivity contribution in [2.45, 2.75) is 26.2 Å². The Balaban J connectivity index is 2.01. The fourth-order valence-electron chi connectivity index (χ4n) is 2.31. The van der Waals surface area contributed by atoms with E-state index in [1.165, 1.54) is 4.90 Å². The van der Waals surface area contributed by atoms with Crippen LogP contribution in [-0.4, -0.2) is 34.3 Å². The number of fused-ring (bicyclic) bond motifs is 1. The second-order valence-corrected chi connectivity index (χ2v) is 5.07. The van der Waals surface area contributed by atoms with Crippen LogP contribution < -0.4 is 0 Å². The zero-order valence-electron chi connectivity index (χ0n) is 11.3. The molecule has 0 radical (unpaired) electrons. The molecule has 1 aromatic rings. The summed E-state index contributed by atoms with van der Waals surface area (Å²) in [4.78, 5) is 36.2. The molecule has 1 atom stereocenters. The molecule has 0 bridgehead atoms. The number of amides is 2. The van der Waals surface area contributed by atoms with E-state index in [1.807, 2.05) is 6.07 Å². The third-order valence-corrected chi connectivity index (χ3v) is 3.58. The Bertz CT molecular complexity index is 553. The number of carbonyl (C=O) groups is 3. The van der Waals surface area contributed by atoms with Crippen molar-refractivity contribution in [3.05, 3.63) is 35.4 Å². The van der Waals surface area contributed by atoms with E-state index in [2.05, 4.69) is 0 Å². The van der Waals surface area contributed by atoms with Gasteiger partial charge < -0.3 is 5.11 Å². The van der Waals surface area contributed by atoms with E-state index in [0.717, 1.165) is 5.56 Å². The van der Waals surface area contributed by atoms with Gasteiger partial charge in [-0.2, -0.15) is 0 Å². The third kappa shape index (κ3) is 2.87. The molecule has 1 unspecified atom stereocenters. The van der Waals surface area contributed by atoms with Crippen LogP contribution in [0.2, 0.25) is 0 Å². The molecule has 0 saturated heterocycles. The van der Waals surface area contributed by atoms with Gasteiger partial charge in [0.25, 0.3) is 5.91 Å². The Morgan fingerprint density at radius 2 is 2.05 bits per heavy atom. The second kappa shape index (κ2) is 5.86. The molecule has 0 spiro atoms. The number of hydrogen-bond acceptors (Lipinski definition) is 3. The molecule has 106 valence electrons. The van der Waals surface area contributed by atoms with Crippen LogP contribution in [0.5, 0.6) is 0 Å². The summed E-state index contributed by atoms with van der Waals surface area (Å²) in [5.41, 5.74) is 1.33. The average molecular weight is 275 g/mol. The van der Waals surface area contributed by atoms with Crippen molar-refractivity contribution < 1.29 is 19.5 Å². The van der Waals surface area contributed by atoms with Crippen molar-refractivity contribution in [2.75, 3.05) is 6.54 Å². The van der Waals surface area contributed by atoms with Crippen molar-refractivity contribution in [3.63, 3.8) is 0 Å². The van der Waals surface area contributed by atoms with Crippen molar-refractivity contribution in [1.29, 1.82) is 0 Å². The fraction of sp³-hybridized carbons (Fsp3) is 0.400. The lowest BCUT2D eigenvalue weighted by molar-refractivity contribution is -0.141. The summed E-state index contributed by atoms with van der Waals surface area (Å²) in [7, 11) is 0. The molecule has 1 aromatic carbocycles. The Kier molecular flexibility index (Phi) is 4.17. The van der Waals surface area contributed by atoms with Crippen LogP contribution in [0.3, 0.4) is 0 Å². The van der Waals surface area contributed by atoms with Crippen LogP contribution in [0.25, 0.3) is 0 Å². The average Bonchev–Trinajstić information content (AvgIpc) is 2.42. The highest BCUT2D eigenvalue weighted by molar-refractivity contribution is 6.09. The van der Waals surface area contributed by atoms with Gasteiger partial charge in [0.2, 0.25) is 5.91 Å². The first kappa shape index (κ1) is 14.2. The maximum Gasteiger partial charge on any atom is 0.306 e. The maximum absolute atomic E-state index is 12.2. The van der Waals surface area contributed by atoms with Gasteiger partial charge in [-0.1, -0.05) is 25.1 Å². The first-order valence-electron chi connectivity index (χ1n) is 6.66. The molecule has 5 nitrogen and oxygen atoms in total. The Hall–Kier alpha value is -2.17. The van der Waals surface area contributed by atoms with Crippen LogP contribution >= 0.6 is 0 Å². The fourth-order valence-corrected chi connectivity index (χ4v) is 2.31. The lowest BCUT2D eigenvalue weighted by Crippen LogP contribution is -2.42. The zero-order chi connectivity index (χ0) is 14.7. The molecule has 1 aliphatic rings. The van der Waals surface area contributed by atoms with Gasteiger partial charge in [-0.25, -0.2) is 0 Å². The summed E-state index contributed by atoms with van der Waals surface area (Å²) in [5, 5.41) is 8.81. The molecule has 0 fully saturated rings. The minimum absolute atomic E-state index is 0.211. The number of carbonyl (C=O) groups excluding carboxylic acids is 2. The quantitative estimate of drug-likeness (QED) is 0.830. The van der Waals surface area contributed by atoms with Gasteiger partial charge in [0, 0.05) is 12.1 Å². The number of benzene rings is 1. The van der Waals surface area contributed by atoms with E-state index in [1.54, 1.807) is 25.1 Å². The summed E-state index contributed by atoms with van der Waals surface area (Å²) in [5.74, 6) is -1.81. The molecule has 2 rings (SSSR count). The lowest BCUT2D eigenvalue weighted by atomic mass is 9.98. The van der Waals surface area contributed by atoms with Gasteiger partial charge >= 0.3 is 5.97 Å². The number of carboxylic acid groups (broad SMARTS) is 1. The van der Waals surface area contributed by atoms with E-state index in [4.69, 9.17) is 5.11 Å². The van der Waals surface area contributed by atoms with Gasteiger partial charge in [0.15, 0.2) is 0 Å². The molecule has 0 saturated carbocycles. The van der Waals surface area contributed by atoms with E-state index in [0.29, 0.717) is 18.4 Å². The summed E-state index contributed by atoms with van der Waals surface area (Å²) in [6.45, 7) is 1.90. The number of aliphatic carboxylic acids is 1. The SMILES string of the molecule is CC(CCCN1C(=O)Cc2ccccc2C1=O)C(=O)O. The third-order valence-electron chi connectivity index (χ3n) is 3.58. The molecule has 0 aliphatic carbocycles. The molecular weight excluding hydrogens is 258 g/mol. The highest BCUT2D eigenvalue weighted by Crippen LogP contribution is 2.20. The van der Waals surface area contributed by atoms with Crippen molar-refractivity contribution in [3.8, 4) is 0 Å². The first-order chi connectivity index (χ1) is 9.50. The molecule has 0 aromatic heterocycles. The van der Waals surface area contributed by atoms with Crippen LogP contribution in [0.4, 0.5) is 0 Å². The molecule has 2 amide bonds. The Morgan fingerprint density at radius 1 is 1.35 bits per heavy atom. The van der Waals surface area contributed by atoms with Crippen LogP contribution in [0.1, 0.15) is 35.7 Å². The summed E-state index contributed by atoms with van der Waals surface area (Å²) >= 11 is 0. The van der Waals surface area contributed by atoms with E-state index in [9.17, 15) is 14.4 Å². The van der Waals surface area contributed by atoms with Crippen molar-refractivity contribution in [1.82, 2.24) is 4.90 Å². The minimum Gasteiger partial charge on any atom is -0.481 e. The van der Waals surface area contributed by atoms with Gasteiger partial charge in [-0.3, -0.25) is 19.3 Å². The molecule has 5 heteroatoms. The number of hydrogen-bond donors (Lipinski definition) is 1. The van der Waals surface area contributed by atoms with Crippen molar-refractivity contribution >= 4 is 17.8 Å². The summed E-state index contributed by atoms with van der Waals surface area (Å²) in [6, 6.07) is 7.09. The number of imide groups is 1. The minimum atomic E-state index is -0.855. The predicted octanol–water partition coefficient (Wildman–Crippen LogP) is 1.71. The van der Waals surface area contributed by atoms with Crippen LogP contribution in [0.15, 0.2) is 24.3 Å². The zero-order valence-corrected chi connectivity index (χ0v) is 11.3. The molecule has 1 heterocycles. The molecule has 1 aliphatic heterocycles. The predicted molar refractivity (Wildman–Crippen MR) is 72.2 cm³/mol. The van der Waals surface area contributed by atoms with Gasteiger partial charge in [0.05, 0.1) is 12.3 Å². The van der Waals surface area contributed by atoms with Crippen LogP contribution in [-0.2, 0) is 16.0 Å². The smallest absolute Gasteiger partial charge is 0.306 e. The highest BCUT2D eigenvalue weighted by atomic mass is 16.4. The largest absolute Gasteiger partial charge is 0.481 e. The number of rotatable bonds is 5. The topological polar surface area (TPSA) is 74.7 Å². The molecule has 20 heavy (non-hydrogen) atoms. The standard InChI is InChI=1S/C15H17NO4/c1-10(15(19)20)5-4-8-16-13(17)9-11-6-2-3-7-12(11)14(16)18/h2-3,6-7,10H,4-5,8-9H2,1H3,(H,19,20). The number of carboxylic acids is 1.